The summed E-state index contributed by atoms with van der Waals surface area (Å²) in [6.07, 6.45) is 1.78. The van der Waals surface area contributed by atoms with E-state index in [4.69, 9.17) is 15.4 Å². The standard InChI is InChI=1S/C11H14ClNO4S2/c1-7-10(19(12,15)16)5-9(18-7)11(14)13-8-3-2-4-17-6-8/h5,8H,2-4,6H2,1H3,(H,13,14). The van der Waals surface area contributed by atoms with Crippen molar-refractivity contribution in [2.45, 2.75) is 30.7 Å². The first kappa shape index (κ1) is 14.8. The van der Waals surface area contributed by atoms with Gasteiger partial charge in [-0.2, -0.15) is 0 Å². The molecule has 1 atom stereocenters. The fraction of sp³-hybridized carbons (Fsp3) is 0.545. The van der Waals surface area contributed by atoms with Crippen LogP contribution in [0.5, 0.6) is 0 Å². The van der Waals surface area contributed by atoms with Gasteiger partial charge in [0.25, 0.3) is 15.0 Å². The maximum atomic E-state index is 12.0. The fourth-order valence-electron chi connectivity index (χ4n) is 1.93. The average molecular weight is 324 g/mol. The van der Waals surface area contributed by atoms with Crippen molar-refractivity contribution >= 4 is 37.0 Å². The molecule has 1 aromatic rings. The van der Waals surface area contributed by atoms with Crippen LogP contribution >= 0.6 is 22.0 Å². The summed E-state index contributed by atoms with van der Waals surface area (Å²) in [6.45, 7) is 2.84. The number of nitrogens with one attached hydrogen (secondary N) is 1. The number of carbonyl (C=O) groups is 1. The van der Waals surface area contributed by atoms with Gasteiger partial charge in [0.2, 0.25) is 0 Å². The molecule has 106 valence electrons. The number of hydrogen-bond acceptors (Lipinski definition) is 5. The number of amides is 1. The van der Waals surface area contributed by atoms with Gasteiger partial charge in [0.15, 0.2) is 0 Å². The fourth-order valence-corrected chi connectivity index (χ4v) is 4.50. The van der Waals surface area contributed by atoms with Crippen LogP contribution < -0.4 is 5.32 Å². The van der Waals surface area contributed by atoms with Crippen LogP contribution in [0.1, 0.15) is 27.4 Å². The maximum absolute atomic E-state index is 12.0. The molecule has 1 fully saturated rings. The van der Waals surface area contributed by atoms with Crippen molar-refractivity contribution in [3.8, 4) is 0 Å². The average Bonchev–Trinajstić information content (AvgIpc) is 2.72. The van der Waals surface area contributed by atoms with Gasteiger partial charge in [0, 0.05) is 22.2 Å². The maximum Gasteiger partial charge on any atom is 0.262 e. The van der Waals surface area contributed by atoms with Gasteiger partial charge in [-0.05, 0) is 25.8 Å². The summed E-state index contributed by atoms with van der Waals surface area (Å²) in [6, 6.07) is 1.31. The van der Waals surface area contributed by atoms with Crippen LogP contribution in [0, 0.1) is 6.92 Å². The van der Waals surface area contributed by atoms with Crippen molar-refractivity contribution in [1.29, 1.82) is 0 Å². The summed E-state index contributed by atoms with van der Waals surface area (Å²) in [5.41, 5.74) is 0. The topological polar surface area (TPSA) is 72.5 Å². The van der Waals surface area contributed by atoms with Crippen LogP contribution in [0.4, 0.5) is 0 Å². The third kappa shape index (κ3) is 3.68. The molecule has 0 saturated carbocycles. The molecule has 0 aliphatic carbocycles. The molecule has 1 aromatic heterocycles. The van der Waals surface area contributed by atoms with Gasteiger partial charge >= 0.3 is 0 Å². The molecular formula is C11H14ClNO4S2. The number of hydrogen-bond donors (Lipinski definition) is 1. The number of carbonyl (C=O) groups excluding carboxylic acids is 1. The van der Waals surface area contributed by atoms with Crippen LogP contribution in [0.2, 0.25) is 0 Å². The first-order valence-corrected chi connectivity index (χ1v) is 8.94. The first-order chi connectivity index (χ1) is 8.88. The predicted molar refractivity (Wildman–Crippen MR) is 73.4 cm³/mol. The van der Waals surface area contributed by atoms with Crippen molar-refractivity contribution in [3.63, 3.8) is 0 Å². The van der Waals surface area contributed by atoms with Crippen LogP contribution in [0.25, 0.3) is 0 Å². The highest BCUT2D eigenvalue weighted by Crippen LogP contribution is 2.28. The van der Waals surface area contributed by atoms with E-state index in [1.54, 1.807) is 6.92 Å². The molecule has 1 unspecified atom stereocenters. The van der Waals surface area contributed by atoms with Gasteiger partial charge in [-0.1, -0.05) is 0 Å². The normalized spacial score (nSPS) is 20.2. The highest BCUT2D eigenvalue weighted by Gasteiger charge is 2.22. The number of ether oxygens (including phenoxy) is 1. The Kier molecular flexibility index (Phi) is 4.50. The van der Waals surface area contributed by atoms with Crippen LogP contribution in [-0.2, 0) is 13.8 Å². The van der Waals surface area contributed by atoms with E-state index in [0.29, 0.717) is 16.4 Å². The molecule has 1 aliphatic rings. The number of thiophene rings is 1. The molecule has 1 saturated heterocycles. The Balaban J connectivity index is 2.11. The Bertz CT molecular complexity index is 576. The monoisotopic (exact) mass is 323 g/mol. The quantitative estimate of drug-likeness (QED) is 0.862. The second-order valence-corrected chi connectivity index (χ2v) is 8.15. The Morgan fingerprint density at radius 3 is 2.84 bits per heavy atom. The minimum atomic E-state index is -3.80. The lowest BCUT2D eigenvalue weighted by Gasteiger charge is -2.22. The van der Waals surface area contributed by atoms with Gasteiger partial charge in [-0.3, -0.25) is 4.79 Å². The number of halogens is 1. The van der Waals surface area contributed by atoms with Crippen LogP contribution in [0.3, 0.4) is 0 Å². The van der Waals surface area contributed by atoms with Crippen molar-refractivity contribution in [1.82, 2.24) is 5.32 Å². The Morgan fingerprint density at radius 1 is 1.58 bits per heavy atom. The van der Waals surface area contributed by atoms with Crippen LogP contribution in [0.15, 0.2) is 11.0 Å². The molecule has 2 heterocycles. The lowest BCUT2D eigenvalue weighted by Crippen LogP contribution is -2.40. The minimum Gasteiger partial charge on any atom is -0.379 e. The molecule has 0 spiro atoms. The zero-order valence-corrected chi connectivity index (χ0v) is 12.7. The Hall–Kier alpha value is -0.630. The molecule has 1 aliphatic heterocycles. The van der Waals surface area contributed by atoms with Gasteiger partial charge in [0.05, 0.1) is 22.4 Å². The SMILES string of the molecule is Cc1sc(C(=O)NC2CCCOC2)cc1S(=O)(=O)Cl. The molecule has 0 radical (unpaired) electrons. The Morgan fingerprint density at radius 2 is 2.32 bits per heavy atom. The van der Waals surface area contributed by atoms with Crippen molar-refractivity contribution in [2.24, 2.45) is 0 Å². The summed E-state index contributed by atoms with van der Waals surface area (Å²) < 4.78 is 27.9. The lowest BCUT2D eigenvalue weighted by atomic mass is 10.1. The number of rotatable bonds is 3. The lowest BCUT2D eigenvalue weighted by molar-refractivity contribution is 0.0626. The van der Waals surface area contributed by atoms with E-state index in [2.05, 4.69) is 5.32 Å². The summed E-state index contributed by atoms with van der Waals surface area (Å²) in [5.74, 6) is -0.282. The molecule has 0 aromatic carbocycles. The van der Waals surface area contributed by atoms with E-state index in [1.807, 2.05) is 0 Å². The molecule has 19 heavy (non-hydrogen) atoms. The second kappa shape index (κ2) is 5.78. The molecule has 5 nitrogen and oxygen atoms in total. The van der Waals surface area contributed by atoms with Crippen LogP contribution in [-0.4, -0.2) is 33.6 Å². The van der Waals surface area contributed by atoms with Crippen molar-refractivity contribution in [3.05, 3.63) is 15.8 Å². The Labute approximate surface area is 120 Å². The van der Waals surface area contributed by atoms with Crippen molar-refractivity contribution in [2.75, 3.05) is 13.2 Å². The smallest absolute Gasteiger partial charge is 0.262 e. The molecule has 0 bridgehead atoms. The minimum absolute atomic E-state index is 0.00390. The molecular weight excluding hydrogens is 310 g/mol. The van der Waals surface area contributed by atoms with Gasteiger partial charge in [0.1, 0.15) is 0 Å². The summed E-state index contributed by atoms with van der Waals surface area (Å²) in [4.78, 5) is 12.9. The molecule has 2 rings (SSSR count). The van der Waals surface area contributed by atoms with E-state index in [1.165, 1.54) is 6.07 Å². The molecule has 8 heteroatoms. The van der Waals surface area contributed by atoms with Gasteiger partial charge in [-0.15, -0.1) is 11.3 Å². The van der Waals surface area contributed by atoms with E-state index in [0.717, 1.165) is 30.8 Å². The summed E-state index contributed by atoms with van der Waals surface area (Å²) >= 11 is 1.12. The van der Waals surface area contributed by atoms with Crippen molar-refractivity contribution < 1.29 is 17.9 Å². The van der Waals surface area contributed by atoms with E-state index in [-0.39, 0.29) is 16.8 Å². The van der Waals surface area contributed by atoms with E-state index >= 15 is 0 Å². The number of aryl methyl sites for hydroxylation is 1. The van der Waals surface area contributed by atoms with E-state index in [9.17, 15) is 13.2 Å². The summed E-state index contributed by atoms with van der Waals surface area (Å²) in [7, 11) is 1.50. The molecule has 1 N–H and O–H groups in total. The molecule has 1 amide bonds. The predicted octanol–water partition coefficient (Wildman–Crippen LogP) is 1.89. The highest BCUT2D eigenvalue weighted by molar-refractivity contribution is 8.13. The largest absolute Gasteiger partial charge is 0.379 e. The summed E-state index contributed by atoms with van der Waals surface area (Å²) in [5, 5.41) is 2.84. The van der Waals surface area contributed by atoms with Gasteiger partial charge in [-0.25, -0.2) is 8.42 Å². The van der Waals surface area contributed by atoms with E-state index < -0.39 is 9.05 Å². The third-order valence-electron chi connectivity index (χ3n) is 2.85. The zero-order chi connectivity index (χ0) is 14.0. The van der Waals surface area contributed by atoms with Gasteiger partial charge < -0.3 is 10.1 Å². The first-order valence-electron chi connectivity index (χ1n) is 5.81. The highest BCUT2D eigenvalue weighted by atomic mass is 35.7. The third-order valence-corrected chi connectivity index (χ3v) is 5.48. The second-order valence-electron chi connectivity index (χ2n) is 4.36. The zero-order valence-electron chi connectivity index (χ0n) is 10.3.